The summed E-state index contributed by atoms with van der Waals surface area (Å²) in [6.45, 7) is 0. The lowest BCUT2D eigenvalue weighted by atomic mass is 9.86. The highest BCUT2D eigenvalue weighted by Crippen LogP contribution is 2.25. The third-order valence-electron chi connectivity index (χ3n) is 2.88. The van der Waals surface area contributed by atoms with Crippen LogP contribution in [0.5, 0.6) is 0 Å². The minimum Gasteiger partial charge on any atom is -0.302 e. The molecule has 1 heterocycles. The number of hydrogen-bond acceptors (Lipinski definition) is 1. The van der Waals surface area contributed by atoms with E-state index < -0.39 is 0 Å². The molecular weight excluding hydrogens is 164 g/mol. The van der Waals surface area contributed by atoms with Gasteiger partial charge in [-0.2, -0.15) is 0 Å². The Kier molecular flexibility index (Phi) is 2.52. The number of aromatic nitrogens is 2. The third kappa shape index (κ3) is 2.23. The standard InChI is InChI=1S/C10H16N2O/c13-10-7-9(11-12-10)6-8-4-2-1-3-5-8/h7-8H,1-6H2,(H2,11,12,13). The fourth-order valence-electron chi connectivity index (χ4n) is 2.18. The molecule has 1 aromatic rings. The van der Waals surface area contributed by atoms with Gasteiger partial charge in [0.05, 0.1) is 0 Å². The van der Waals surface area contributed by atoms with Crippen molar-refractivity contribution in [3.8, 4) is 0 Å². The summed E-state index contributed by atoms with van der Waals surface area (Å²) in [5.74, 6) is 0.792. The Balaban J connectivity index is 1.93. The van der Waals surface area contributed by atoms with Crippen molar-refractivity contribution >= 4 is 0 Å². The third-order valence-corrected chi connectivity index (χ3v) is 2.88. The van der Waals surface area contributed by atoms with Gasteiger partial charge in [-0.25, -0.2) is 0 Å². The summed E-state index contributed by atoms with van der Waals surface area (Å²) >= 11 is 0. The van der Waals surface area contributed by atoms with Crippen molar-refractivity contribution in [3.63, 3.8) is 0 Å². The van der Waals surface area contributed by atoms with Gasteiger partial charge in [0.1, 0.15) is 0 Å². The Morgan fingerprint density at radius 1 is 1.23 bits per heavy atom. The van der Waals surface area contributed by atoms with Crippen LogP contribution in [-0.2, 0) is 6.42 Å². The molecular formula is C10H16N2O. The molecule has 3 nitrogen and oxygen atoms in total. The summed E-state index contributed by atoms with van der Waals surface area (Å²) in [5, 5.41) is 5.49. The highest BCUT2D eigenvalue weighted by Gasteiger charge is 2.14. The maximum absolute atomic E-state index is 10.8. The van der Waals surface area contributed by atoms with Crippen LogP contribution in [-0.4, -0.2) is 10.2 Å². The van der Waals surface area contributed by atoms with Crippen molar-refractivity contribution < 1.29 is 0 Å². The van der Waals surface area contributed by atoms with Crippen molar-refractivity contribution in [1.82, 2.24) is 10.2 Å². The van der Waals surface area contributed by atoms with Gasteiger partial charge >= 0.3 is 0 Å². The van der Waals surface area contributed by atoms with Crippen LogP contribution in [0.4, 0.5) is 0 Å². The van der Waals surface area contributed by atoms with Crippen molar-refractivity contribution in [2.45, 2.75) is 38.5 Å². The van der Waals surface area contributed by atoms with E-state index in [1.54, 1.807) is 6.07 Å². The summed E-state index contributed by atoms with van der Waals surface area (Å²) in [6.07, 6.45) is 7.80. The van der Waals surface area contributed by atoms with Crippen molar-refractivity contribution in [1.29, 1.82) is 0 Å². The Labute approximate surface area is 77.5 Å². The number of nitrogens with one attached hydrogen (secondary N) is 2. The van der Waals surface area contributed by atoms with Gasteiger partial charge in [-0.1, -0.05) is 32.1 Å². The molecule has 0 aromatic carbocycles. The number of hydrogen-bond donors (Lipinski definition) is 2. The molecule has 0 saturated heterocycles. The van der Waals surface area contributed by atoms with E-state index in [-0.39, 0.29) is 5.56 Å². The summed E-state index contributed by atoms with van der Waals surface area (Å²) < 4.78 is 0. The molecule has 1 saturated carbocycles. The lowest BCUT2D eigenvalue weighted by Gasteiger charge is -2.20. The molecule has 0 aliphatic heterocycles. The van der Waals surface area contributed by atoms with Gasteiger partial charge in [0.25, 0.3) is 5.56 Å². The van der Waals surface area contributed by atoms with Crippen LogP contribution in [0.25, 0.3) is 0 Å². The van der Waals surface area contributed by atoms with Crippen LogP contribution >= 0.6 is 0 Å². The average Bonchev–Trinajstić information content (AvgIpc) is 2.53. The number of H-pyrrole nitrogens is 2. The lowest BCUT2D eigenvalue weighted by Crippen LogP contribution is -2.09. The minimum atomic E-state index is -0.00851. The fourth-order valence-corrected chi connectivity index (χ4v) is 2.18. The number of aromatic amines is 2. The second-order valence-electron chi connectivity index (χ2n) is 3.99. The molecule has 3 heteroatoms. The fraction of sp³-hybridized carbons (Fsp3) is 0.700. The summed E-state index contributed by atoms with van der Waals surface area (Å²) in [7, 11) is 0. The van der Waals surface area contributed by atoms with Crippen molar-refractivity contribution in [2.75, 3.05) is 0 Å². The molecule has 0 radical (unpaired) electrons. The van der Waals surface area contributed by atoms with Crippen LogP contribution in [0.1, 0.15) is 37.8 Å². The van der Waals surface area contributed by atoms with Gasteiger partial charge in [-0.3, -0.25) is 9.89 Å². The summed E-state index contributed by atoms with van der Waals surface area (Å²) in [6, 6.07) is 1.68. The molecule has 1 aromatic heterocycles. The molecule has 2 rings (SSSR count). The van der Waals surface area contributed by atoms with Gasteiger partial charge in [0, 0.05) is 11.8 Å². The van der Waals surface area contributed by atoms with Crippen LogP contribution in [0.15, 0.2) is 10.9 Å². The Morgan fingerprint density at radius 2 is 2.00 bits per heavy atom. The van der Waals surface area contributed by atoms with E-state index in [1.165, 1.54) is 32.1 Å². The van der Waals surface area contributed by atoms with Gasteiger partial charge in [0.15, 0.2) is 0 Å². The first-order valence-electron chi connectivity index (χ1n) is 5.11. The topological polar surface area (TPSA) is 48.6 Å². The highest BCUT2D eigenvalue weighted by molar-refractivity contribution is 4.99. The van der Waals surface area contributed by atoms with E-state index in [9.17, 15) is 4.79 Å². The van der Waals surface area contributed by atoms with Gasteiger partial charge in [-0.15, -0.1) is 0 Å². The average molecular weight is 180 g/mol. The molecule has 0 bridgehead atoms. The Bertz CT molecular complexity index is 307. The number of rotatable bonds is 2. The molecule has 0 amide bonds. The monoisotopic (exact) mass is 180 g/mol. The molecule has 2 N–H and O–H groups in total. The Morgan fingerprint density at radius 3 is 2.62 bits per heavy atom. The minimum absolute atomic E-state index is 0.00851. The smallest absolute Gasteiger partial charge is 0.264 e. The molecule has 0 unspecified atom stereocenters. The van der Waals surface area contributed by atoms with Crippen molar-refractivity contribution in [2.24, 2.45) is 5.92 Å². The molecule has 0 spiro atoms. The lowest BCUT2D eigenvalue weighted by molar-refractivity contribution is 0.354. The van der Waals surface area contributed by atoms with E-state index in [0.29, 0.717) is 0 Å². The summed E-state index contributed by atoms with van der Waals surface area (Å²) in [5.41, 5.74) is 1.06. The highest BCUT2D eigenvalue weighted by atomic mass is 16.1. The predicted octanol–water partition coefficient (Wildman–Crippen LogP) is 1.83. The second-order valence-corrected chi connectivity index (χ2v) is 3.99. The van der Waals surface area contributed by atoms with Crippen LogP contribution in [0.2, 0.25) is 0 Å². The second kappa shape index (κ2) is 3.81. The SMILES string of the molecule is O=c1cc(CC2CCCCC2)[nH][nH]1. The zero-order valence-corrected chi connectivity index (χ0v) is 7.81. The van der Waals surface area contributed by atoms with E-state index >= 15 is 0 Å². The molecule has 1 aliphatic rings. The first-order valence-corrected chi connectivity index (χ1v) is 5.11. The van der Waals surface area contributed by atoms with Crippen molar-refractivity contribution in [3.05, 3.63) is 22.1 Å². The van der Waals surface area contributed by atoms with E-state index in [1.807, 2.05) is 0 Å². The van der Waals surface area contributed by atoms with Gasteiger partial charge < -0.3 is 5.10 Å². The first kappa shape index (κ1) is 8.60. The quantitative estimate of drug-likeness (QED) is 0.716. The summed E-state index contributed by atoms with van der Waals surface area (Å²) in [4.78, 5) is 10.8. The van der Waals surface area contributed by atoms with Gasteiger partial charge in [-0.05, 0) is 12.3 Å². The first-order chi connectivity index (χ1) is 6.34. The van der Waals surface area contributed by atoms with Crippen LogP contribution in [0, 0.1) is 5.92 Å². The van der Waals surface area contributed by atoms with E-state index in [2.05, 4.69) is 10.2 Å². The molecule has 72 valence electrons. The predicted molar refractivity (Wildman–Crippen MR) is 51.7 cm³/mol. The largest absolute Gasteiger partial charge is 0.302 e. The van der Waals surface area contributed by atoms with E-state index in [4.69, 9.17) is 0 Å². The zero-order chi connectivity index (χ0) is 9.10. The van der Waals surface area contributed by atoms with Gasteiger partial charge in [0.2, 0.25) is 0 Å². The molecule has 1 fully saturated rings. The Hall–Kier alpha value is -0.990. The zero-order valence-electron chi connectivity index (χ0n) is 7.81. The molecule has 0 atom stereocenters. The molecule has 1 aliphatic carbocycles. The van der Waals surface area contributed by atoms with Crippen LogP contribution in [0.3, 0.4) is 0 Å². The van der Waals surface area contributed by atoms with Crippen LogP contribution < -0.4 is 5.56 Å². The maximum Gasteiger partial charge on any atom is 0.264 e. The van der Waals surface area contributed by atoms with E-state index in [0.717, 1.165) is 18.0 Å². The normalized spacial score (nSPS) is 19.1. The maximum atomic E-state index is 10.8. The molecule has 13 heavy (non-hydrogen) atoms.